The average Bonchev–Trinajstić information content (AvgIpc) is 2.39. The van der Waals surface area contributed by atoms with Crippen LogP contribution >= 0.6 is 12.4 Å². The summed E-state index contributed by atoms with van der Waals surface area (Å²) in [5.41, 5.74) is 6.99. The van der Waals surface area contributed by atoms with Crippen molar-refractivity contribution in [2.24, 2.45) is 5.73 Å². The van der Waals surface area contributed by atoms with Crippen LogP contribution in [0.2, 0.25) is 0 Å². The molecule has 0 bridgehead atoms. The molecule has 0 radical (unpaired) electrons. The molecule has 1 atom stereocenters. The van der Waals surface area contributed by atoms with Crippen LogP contribution < -0.4 is 5.73 Å². The first-order valence-corrected chi connectivity index (χ1v) is 8.33. The van der Waals surface area contributed by atoms with Crippen LogP contribution in [-0.4, -0.2) is 50.8 Å². The maximum absolute atomic E-state index is 12.1. The fraction of sp³-hybridized carbons (Fsp3) is 0.571. The Morgan fingerprint density at radius 2 is 2.10 bits per heavy atom. The Kier molecular flexibility index (Phi) is 6.62. The third kappa shape index (κ3) is 4.66. The third-order valence-corrected chi connectivity index (χ3v) is 5.44. The van der Waals surface area contributed by atoms with Gasteiger partial charge in [0, 0.05) is 33.2 Å². The molecule has 21 heavy (non-hydrogen) atoms. The summed E-state index contributed by atoms with van der Waals surface area (Å²) in [7, 11) is -0.266. The highest BCUT2D eigenvalue weighted by Gasteiger charge is 2.19. The first kappa shape index (κ1) is 18.4. The Bertz CT molecular complexity index is 563. The highest BCUT2D eigenvalue weighted by Crippen LogP contribution is 2.17. The van der Waals surface area contributed by atoms with Crippen LogP contribution in [0.25, 0.3) is 0 Å². The van der Waals surface area contributed by atoms with E-state index in [4.69, 9.17) is 5.73 Å². The lowest BCUT2D eigenvalue weighted by Gasteiger charge is -2.30. The Labute approximate surface area is 133 Å². The van der Waals surface area contributed by atoms with Crippen molar-refractivity contribution >= 4 is 22.4 Å². The van der Waals surface area contributed by atoms with E-state index >= 15 is 0 Å². The van der Waals surface area contributed by atoms with Gasteiger partial charge in [0.1, 0.15) is 0 Å². The molecular weight excluding hydrogens is 310 g/mol. The number of rotatable bonds is 4. The summed E-state index contributed by atoms with van der Waals surface area (Å²) in [5.74, 6) is 0. The molecule has 2 rings (SSSR count). The minimum absolute atomic E-state index is 0. The molecule has 1 fully saturated rings. The smallest absolute Gasteiger partial charge is 0.242 e. The van der Waals surface area contributed by atoms with Gasteiger partial charge >= 0.3 is 0 Å². The predicted octanol–water partition coefficient (Wildman–Crippen LogP) is 1.28. The van der Waals surface area contributed by atoms with Crippen molar-refractivity contribution in [2.75, 3.05) is 27.2 Å². The number of hydrogen-bond donors (Lipinski definition) is 1. The largest absolute Gasteiger partial charge is 0.327 e. The van der Waals surface area contributed by atoms with Gasteiger partial charge in [-0.05, 0) is 37.1 Å². The number of nitrogens with zero attached hydrogens (tertiary/aromatic N) is 2. The summed E-state index contributed by atoms with van der Waals surface area (Å²) in [6.07, 6.45) is 2.18. The molecule has 1 heterocycles. The number of nitrogens with two attached hydrogens (primary N) is 1. The van der Waals surface area contributed by atoms with E-state index in [2.05, 4.69) is 4.90 Å². The van der Waals surface area contributed by atoms with Crippen LogP contribution in [0.15, 0.2) is 29.2 Å². The summed E-state index contributed by atoms with van der Waals surface area (Å²) in [6.45, 7) is 2.66. The Hall–Kier alpha value is -0.660. The fourth-order valence-electron chi connectivity index (χ4n) is 2.51. The van der Waals surface area contributed by atoms with Gasteiger partial charge in [0.05, 0.1) is 4.90 Å². The van der Waals surface area contributed by atoms with Gasteiger partial charge in [-0.25, -0.2) is 12.7 Å². The van der Waals surface area contributed by atoms with E-state index in [1.54, 1.807) is 32.3 Å². The standard InChI is InChI=1S/C14H23N3O2S.ClH/c1-16(2)20(18,19)14-7-3-5-12(9-14)10-17-8-4-6-13(15)11-17;/h3,5,7,9,13H,4,6,8,10-11,15H2,1-2H3;1H/t13-;/m1./s1. The lowest BCUT2D eigenvalue weighted by molar-refractivity contribution is 0.201. The summed E-state index contributed by atoms with van der Waals surface area (Å²) < 4.78 is 25.5. The molecule has 1 saturated heterocycles. The zero-order chi connectivity index (χ0) is 14.8. The Morgan fingerprint density at radius 1 is 1.38 bits per heavy atom. The van der Waals surface area contributed by atoms with Crippen molar-refractivity contribution in [3.8, 4) is 0 Å². The van der Waals surface area contributed by atoms with E-state index in [0.717, 1.165) is 38.0 Å². The van der Waals surface area contributed by atoms with Gasteiger partial charge in [0.25, 0.3) is 0 Å². The first-order valence-electron chi connectivity index (χ1n) is 6.89. The van der Waals surface area contributed by atoms with Crippen molar-refractivity contribution in [3.05, 3.63) is 29.8 Å². The van der Waals surface area contributed by atoms with E-state index < -0.39 is 10.0 Å². The van der Waals surface area contributed by atoms with Crippen LogP contribution in [0.3, 0.4) is 0 Å². The van der Waals surface area contributed by atoms with Crippen molar-refractivity contribution in [3.63, 3.8) is 0 Å². The van der Waals surface area contributed by atoms with Gasteiger partial charge < -0.3 is 5.73 Å². The van der Waals surface area contributed by atoms with Crippen molar-refractivity contribution in [1.82, 2.24) is 9.21 Å². The quantitative estimate of drug-likeness (QED) is 0.901. The number of likely N-dealkylation sites (tertiary alicyclic amines) is 1. The maximum Gasteiger partial charge on any atom is 0.242 e. The van der Waals surface area contributed by atoms with Gasteiger partial charge in [-0.3, -0.25) is 4.90 Å². The monoisotopic (exact) mass is 333 g/mol. The Balaban J connectivity index is 0.00000220. The number of halogens is 1. The molecule has 5 nitrogen and oxygen atoms in total. The van der Waals surface area contributed by atoms with E-state index in [0.29, 0.717) is 4.90 Å². The zero-order valence-electron chi connectivity index (χ0n) is 12.5. The molecule has 0 aliphatic carbocycles. The molecule has 1 aromatic carbocycles. The minimum atomic E-state index is -3.36. The molecule has 2 N–H and O–H groups in total. The molecular formula is C14H24ClN3O2S. The first-order chi connectivity index (χ1) is 9.39. The molecule has 0 amide bonds. The average molecular weight is 334 g/mol. The Morgan fingerprint density at radius 3 is 2.71 bits per heavy atom. The molecule has 0 spiro atoms. The molecule has 0 saturated carbocycles. The topological polar surface area (TPSA) is 66.6 Å². The van der Waals surface area contributed by atoms with Crippen molar-refractivity contribution < 1.29 is 8.42 Å². The second kappa shape index (κ2) is 7.56. The molecule has 0 unspecified atom stereocenters. The molecule has 0 aromatic heterocycles. The number of benzene rings is 1. The predicted molar refractivity (Wildman–Crippen MR) is 87.0 cm³/mol. The molecule has 7 heteroatoms. The van der Waals surface area contributed by atoms with E-state index in [1.807, 2.05) is 6.07 Å². The molecule has 1 aliphatic rings. The van der Waals surface area contributed by atoms with E-state index in [9.17, 15) is 8.42 Å². The van der Waals surface area contributed by atoms with Gasteiger partial charge in [-0.1, -0.05) is 12.1 Å². The third-order valence-electron chi connectivity index (χ3n) is 3.63. The second-order valence-electron chi connectivity index (χ2n) is 5.57. The molecule has 1 aromatic rings. The van der Waals surface area contributed by atoms with Crippen molar-refractivity contribution in [1.29, 1.82) is 0 Å². The fourth-order valence-corrected chi connectivity index (χ4v) is 3.48. The molecule has 120 valence electrons. The highest BCUT2D eigenvalue weighted by molar-refractivity contribution is 7.89. The number of piperidine rings is 1. The summed E-state index contributed by atoms with van der Waals surface area (Å²) in [6, 6.07) is 7.40. The van der Waals surface area contributed by atoms with Crippen LogP contribution in [-0.2, 0) is 16.6 Å². The van der Waals surface area contributed by atoms with Gasteiger partial charge in [-0.2, -0.15) is 0 Å². The van der Waals surface area contributed by atoms with Crippen LogP contribution in [0.4, 0.5) is 0 Å². The second-order valence-corrected chi connectivity index (χ2v) is 7.72. The minimum Gasteiger partial charge on any atom is -0.327 e. The lowest BCUT2D eigenvalue weighted by Crippen LogP contribution is -2.42. The summed E-state index contributed by atoms with van der Waals surface area (Å²) >= 11 is 0. The summed E-state index contributed by atoms with van der Waals surface area (Å²) in [5, 5.41) is 0. The zero-order valence-corrected chi connectivity index (χ0v) is 14.2. The molecule has 1 aliphatic heterocycles. The highest BCUT2D eigenvalue weighted by atomic mass is 35.5. The number of hydrogen-bond acceptors (Lipinski definition) is 4. The maximum atomic E-state index is 12.1. The van der Waals surface area contributed by atoms with Gasteiger partial charge in [0.2, 0.25) is 10.0 Å². The van der Waals surface area contributed by atoms with E-state index in [-0.39, 0.29) is 18.4 Å². The van der Waals surface area contributed by atoms with Crippen LogP contribution in [0, 0.1) is 0 Å². The van der Waals surface area contributed by atoms with Crippen molar-refractivity contribution in [2.45, 2.75) is 30.3 Å². The van der Waals surface area contributed by atoms with Gasteiger partial charge in [0.15, 0.2) is 0 Å². The summed E-state index contributed by atoms with van der Waals surface area (Å²) in [4.78, 5) is 2.64. The van der Waals surface area contributed by atoms with Crippen LogP contribution in [0.5, 0.6) is 0 Å². The normalized spacial score (nSPS) is 20.3. The number of sulfonamides is 1. The SMILES string of the molecule is CN(C)S(=O)(=O)c1cccc(CN2CCC[C@@H](N)C2)c1.Cl. The lowest BCUT2D eigenvalue weighted by atomic mass is 10.1. The van der Waals surface area contributed by atoms with Gasteiger partial charge in [-0.15, -0.1) is 12.4 Å². The van der Waals surface area contributed by atoms with E-state index in [1.165, 1.54) is 4.31 Å². The van der Waals surface area contributed by atoms with Crippen LogP contribution in [0.1, 0.15) is 18.4 Å².